The van der Waals surface area contributed by atoms with Gasteiger partial charge in [0.2, 0.25) is 5.91 Å². The first kappa shape index (κ1) is 28.2. The molecule has 2 rings (SSSR count). The topological polar surface area (TPSA) is 132 Å². The molecule has 3 amide bonds. The van der Waals surface area contributed by atoms with Crippen molar-refractivity contribution >= 4 is 29.8 Å². The lowest BCUT2D eigenvalue weighted by molar-refractivity contribution is -0.131. The van der Waals surface area contributed by atoms with Crippen molar-refractivity contribution in [2.75, 3.05) is 11.9 Å². The van der Waals surface area contributed by atoms with Crippen LogP contribution < -0.4 is 20.7 Å². The van der Waals surface area contributed by atoms with E-state index in [1.54, 1.807) is 39.0 Å². The van der Waals surface area contributed by atoms with Crippen LogP contribution in [0.1, 0.15) is 46.1 Å². The average Bonchev–Trinajstić information content (AvgIpc) is 2.79. The fraction of sp³-hybridized carbons (Fsp3) is 0.385. The molecule has 1 atom stereocenters. The first-order valence-electron chi connectivity index (χ1n) is 11.6. The lowest BCUT2D eigenvalue weighted by Gasteiger charge is -2.23. The van der Waals surface area contributed by atoms with Crippen molar-refractivity contribution in [3.63, 3.8) is 0 Å². The molecule has 10 heteroatoms. The quantitative estimate of drug-likeness (QED) is 0.254. The molecular formula is C26H33N3O7. The molecule has 2 aromatic rings. The first-order chi connectivity index (χ1) is 17.0. The zero-order chi connectivity index (χ0) is 26.6. The van der Waals surface area contributed by atoms with Crippen LogP contribution in [0, 0.1) is 0 Å². The molecule has 0 aliphatic rings. The number of hydrogen-bond acceptors (Lipinski definition) is 7. The maximum Gasteiger partial charge on any atom is 0.408 e. The molecule has 0 unspecified atom stereocenters. The van der Waals surface area contributed by atoms with Crippen molar-refractivity contribution < 1.29 is 33.4 Å². The number of hydrogen-bond donors (Lipinski definition) is 3. The second-order valence-electron chi connectivity index (χ2n) is 8.94. The summed E-state index contributed by atoms with van der Waals surface area (Å²) in [7, 11) is 0. The number of rotatable bonds is 10. The van der Waals surface area contributed by atoms with E-state index in [1.165, 1.54) is 13.0 Å². The van der Waals surface area contributed by atoms with E-state index in [0.29, 0.717) is 12.1 Å². The fourth-order valence-corrected chi connectivity index (χ4v) is 3.02. The molecule has 3 N–H and O–H groups in total. The van der Waals surface area contributed by atoms with Crippen molar-refractivity contribution in [3.8, 4) is 5.75 Å². The minimum Gasteiger partial charge on any atom is -0.445 e. The van der Waals surface area contributed by atoms with Gasteiger partial charge in [-0.2, -0.15) is 0 Å². The summed E-state index contributed by atoms with van der Waals surface area (Å²) in [5, 5.41) is 7.90. The fourth-order valence-electron chi connectivity index (χ4n) is 3.02. The minimum atomic E-state index is -0.945. The van der Waals surface area contributed by atoms with Crippen molar-refractivity contribution in [1.29, 1.82) is 0 Å². The van der Waals surface area contributed by atoms with Crippen LogP contribution >= 0.6 is 0 Å². The first-order valence-corrected chi connectivity index (χ1v) is 11.6. The Labute approximate surface area is 210 Å². The Morgan fingerprint density at radius 3 is 2.33 bits per heavy atom. The monoisotopic (exact) mass is 499 g/mol. The molecule has 194 valence electrons. The molecule has 0 saturated heterocycles. The Balaban J connectivity index is 1.92. The third-order valence-electron chi connectivity index (χ3n) is 4.52. The van der Waals surface area contributed by atoms with E-state index < -0.39 is 35.7 Å². The van der Waals surface area contributed by atoms with Crippen LogP contribution in [0.15, 0.2) is 54.6 Å². The van der Waals surface area contributed by atoms with Crippen molar-refractivity contribution in [3.05, 3.63) is 60.2 Å². The largest absolute Gasteiger partial charge is 0.445 e. The van der Waals surface area contributed by atoms with Gasteiger partial charge in [-0.15, -0.1) is 0 Å². The maximum absolute atomic E-state index is 12.9. The minimum absolute atomic E-state index is 0.143. The summed E-state index contributed by atoms with van der Waals surface area (Å²) in [6.45, 7) is 6.80. The van der Waals surface area contributed by atoms with E-state index in [4.69, 9.17) is 14.2 Å². The number of amides is 3. The van der Waals surface area contributed by atoms with Crippen LogP contribution in [0.3, 0.4) is 0 Å². The van der Waals surface area contributed by atoms with Crippen molar-refractivity contribution in [2.45, 2.75) is 58.8 Å². The Hall–Kier alpha value is -4.08. The number of alkyl carbamates (subject to hydrolysis) is 2. The standard InChI is InChI=1S/C26H33N3O7/c1-18(30)35-21-13-8-12-20(16-21)28-23(31)22(29-25(33)36-26(2,3)4)14-9-15-27-24(32)34-17-19-10-6-5-7-11-19/h5-8,10-13,16,22H,9,14-15,17H2,1-4H3,(H,27,32)(H,28,31)(H,29,33)/t22-/m0/s1. The van der Waals surface area contributed by atoms with E-state index in [0.717, 1.165) is 5.56 Å². The Bertz CT molecular complexity index is 1040. The van der Waals surface area contributed by atoms with Gasteiger partial charge in [-0.05, 0) is 51.3 Å². The van der Waals surface area contributed by atoms with Crippen LogP contribution in [-0.2, 0) is 25.7 Å². The maximum atomic E-state index is 12.9. The molecule has 0 saturated carbocycles. The summed E-state index contributed by atoms with van der Waals surface area (Å²) in [6, 6.07) is 14.6. The summed E-state index contributed by atoms with van der Waals surface area (Å²) >= 11 is 0. The van der Waals surface area contributed by atoms with Gasteiger partial charge in [0.1, 0.15) is 24.0 Å². The second-order valence-corrected chi connectivity index (χ2v) is 8.94. The van der Waals surface area contributed by atoms with Gasteiger partial charge >= 0.3 is 18.2 Å². The van der Waals surface area contributed by atoms with E-state index in [-0.39, 0.29) is 25.3 Å². The molecule has 10 nitrogen and oxygen atoms in total. The smallest absolute Gasteiger partial charge is 0.408 e. The van der Waals surface area contributed by atoms with E-state index >= 15 is 0 Å². The molecule has 0 aliphatic carbocycles. The van der Waals surface area contributed by atoms with Crippen LogP contribution in [-0.4, -0.2) is 42.3 Å². The van der Waals surface area contributed by atoms with Crippen LogP contribution in [0.5, 0.6) is 5.75 Å². The Morgan fingerprint density at radius 2 is 1.67 bits per heavy atom. The van der Waals surface area contributed by atoms with Gasteiger partial charge in [0.15, 0.2) is 0 Å². The number of esters is 1. The Kier molecular flexibility index (Phi) is 10.7. The number of benzene rings is 2. The highest BCUT2D eigenvalue weighted by atomic mass is 16.6. The molecule has 0 spiro atoms. The van der Waals surface area contributed by atoms with Gasteiger partial charge < -0.3 is 30.2 Å². The molecule has 0 aromatic heterocycles. The molecule has 0 heterocycles. The van der Waals surface area contributed by atoms with Crippen LogP contribution in [0.4, 0.5) is 15.3 Å². The van der Waals surface area contributed by atoms with Gasteiger partial charge in [0, 0.05) is 25.2 Å². The van der Waals surface area contributed by atoms with E-state index in [9.17, 15) is 19.2 Å². The normalized spacial score (nSPS) is 11.6. The van der Waals surface area contributed by atoms with E-state index in [2.05, 4.69) is 16.0 Å². The Morgan fingerprint density at radius 1 is 0.944 bits per heavy atom. The molecule has 0 fully saturated rings. The SMILES string of the molecule is CC(=O)Oc1cccc(NC(=O)[C@H](CCCNC(=O)OCc2ccccc2)NC(=O)OC(C)(C)C)c1. The van der Waals surface area contributed by atoms with Crippen LogP contribution in [0.2, 0.25) is 0 Å². The third-order valence-corrected chi connectivity index (χ3v) is 4.52. The summed E-state index contributed by atoms with van der Waals surface area (Å²) < 4.78 is 15.5. The van der Waals surface area contributed by atoms with Crippen molar-refractivity contribution in [2.24, 2.45) is 0 Å². The molecular weight excluding hydrogens is 466 g/mol. The number of ether oxygens (including phenoxy) is 3. The highest BCUT2D eigenvalue weighted by Crippen LogP contribution is 2.18. The zero-order valence-electron chi connectivity index (χ0n) is 21.0. The molecule has 36 heavy (non-hydrogen) atoms. The predicted octanol–water partition coefficient (Wildman–Crippen LogP) is 4.15. The highest BCUT2D eigenvalue weighted by Gasteiger charge is 2.24. The zero-order valence-corrected chi connectivity index (χ0v) is 21.0. The number of carbonyl (C=O) groups is 4. The van der Waals surface area contributed by atoms with Gasteiger partial charge in [-0.25, -0.2) is 9.59 Å². The predicted molar refractivity (Wildman–Crippen MR) is 133 cm³/mol. The lowest BCUT2D eigenvalue weighted by atomic mass is 10.1. The van der Waals surface area contributed by atoms with Crippen LogP contribution in [0.25, 0.3) is 0 Å². The molecule has 0 radical (unpaired) electrons. The van der Waals surface area contributed by atoms with Gasteiger partial charge in [-0.1, -0.05) is 36.4 Å². The average molecular weight is 500 g/mol. The summed E-state index contributed by atoms with van der Waals surface area (Å²) in [5.74, 6) is -0.708. The molecule has 0 aliphatic heterocycles. The van der Waals surface area contributed by atoms with E-state index in [1.807, 2.05) is 30.3 Å². The van der Waals surface area contributed by atoms with Gasteiger partial charge in [0.05, 0.1) is 0 Å². The third kappa shape index (κ3) is 11.4. The number of carbonyl (C=O) groups excluding carboxylic acids is 4. The lowest BCUT2D eigenvalue weighted by Crippen LogP contribution is -2.46. The summed E-state index contributed by atoms with van der Waals surface area (Å²) in [5.41, 5.74) is 0.508. The number of anilines is 1. The number of nitrogens with one attached hydrogen (secondary N) is 3. The van der Waals surface area contributed by atoms with Gasteiger partial charge in [-0.3, -0.25) is 9.59 Å². The highest BCUT2D eigenvalue weighted by molar-refractivity contribution is 5.96. The molecule has 2 aromatic carbocycles. The summed E-state index contributed by atoms with van der Waals surface area (Å²) in [6.07, 6.45) is -0.732. The van der Waals surface area contributed by atoms with Crippen molar-refractivity contribution in [1.82, 2.24) is 10.6 Å². The summed E-state index contributed by atoms with van der Waals surface area (Å²) in [4.78, 5) is 48.4. The van der Waals surface area contributed by atoms with Gasteiger partial charge in [0.25, 0.3) is 0 Å². The second kappa shape index (κ2) is 13.7. The molecule has 0 bridgehead atoms.